The lowest BCUT2D eigenvalue weighted by Gasteiger charge is -2.30. The summed E-state index contributed by atoms with van der Waals surface area (Å²) >= 11 is 7.67. The SMILES string of the molecule is Cc1csc(C2CCN(CCOc3ccc(Cl)cc3)CC2)n1. The summed E-state index contributed by atoms with van der Waals surface area (Å²) in [4.78, 5) is 7.11. The monoisotopic (exact) mass is 336 g/mol. The van der Waals surface area contributed by atoms with Crippen LogP contribution < -0.4 is 4.74 Å². The average molecular weight is 337 g/mol. The second-order valence-electron chi connectivity index (χ2n) is 5.75. The third kappa shape index (κ3) is 4.22. The van der Waals surface area contributed by atoms with Gasteiger partial charge in [-0.05, 0) is 57.1 Å². The lowest BCUT2D eigenvalue weighted by molar-refractivity contribution is 0.173. The van der Waals surface area contributed by atoms with Crippen molar-refractivity contribution in [2.24, 2.45) is 0 Å². The van der Waals surface area contributed by atoms with E-state index in [1.165, 1.54) is 17.8 Å². The number of nitrogens with zero attached hydrogens (tertiary/aromatic N) is 2. The van der Waals surface area contributed by atoms with Gasteiger partial charge in [-0.25, -0.2) is 4.98 Å². The highest BCUT2D eigenvalue weighted by Gasteiger charge is 2.22. The molecule has 1 aromatic heterocycles. The van der Waals surface area contributed by atoms with Gasteiger partial charge in [-0.2, -0.15) is 0 Å². The molecule has 1 fully saturated rings. The molecule has 0 unspecified atom stereocenters. The van der Waals surface area contributed by atoms with Gasteiger partial charge in [0.25, 0.3) is 0 Å². The highest BCUT2D eigenvalue weighted by molar-refractivity contribution is 7.09. The molecule has 1 aliphatic rings. The van der Waals surface area contributed by atoms with Crippen LogP contribution in [0.1, 0.15) is 29.5 Å². The van der Waals surface area contributed by atoms with E-state index in [1.54, 1.807) is 0 Å². The molecular weight excluding hydrogens is 316 g/mol. The van der Waals surface area contributed by atoms with Crippen molar-refractivity contribution in [2.75, 3.05) is 26.2 Å². The van der Waals surface area contributed by atoms with Gasteiger partial charge in [0.1, 0.15) is 12.4 Å². The molecule has 1 aromatic carbocycles. The van der Waals surface area contributed by atoms with Crippen LogP contribution in [0.15, 0.2) is 29.6 Å². The first-order chi connectivity index (χ1) is 10.7. The normalized spacial score (nSPS) is 16.8. The third-order valence-corrected chi connectivity index (χ3v) is 5.44. The molecular formula is C17H21ClN2OS. The fraction of sp³-hybridized carbons (Fsp3) is 0.471. The first-order valence-electron chi connectivity index (χ1n) is 7.73. The Labute approximate surface area is 140 Å². The van der Waals surface area contributed by atoms with Crippen LogP contribution in [0.2, 0.25) is 5.02 Å². The number of likely N-dealkylation sites (tertiary alicyclic amines) is 1. The van der Waals surface area contributed by atoms with Crippen molar-refractivity contribution < 1.29 is 4.74 Å². The molecule has 3 rings (SSSR count). The highest BCUT2D eigenvalue weighted by Crippen LogP contribution is 2.30. The summed E-state index contributed by atoms with van der Waals surface area (Å²) in [5.41, 5.74) is 1.15. The number of ether oxygens (including phenoxy) is 1. The van der Waals surface area contributed by atoms with E-state index < -0.39 is 0 Å². The topological polar surface area (TPSA) is 25.4 Å². The van der Waals surface area contributed by atoms with Gasteiger partial charge in [-0.3, -0.25) is 4.90 Å². The molecule has 2 aromatic rings. The lowest BCUT2D eigenvalue weighted by Crippen LogP contribution is -2.35. The first-order valence-corrected chi connectivity index (χ1v) is 8.99. The quantitative estimate of drug-likeness (QED) is 0.811. The minimum absolute atomic E-state index is 0.645. The number of halogens is 1. The molecule has 0 amide bonds. The molecule has 0 aliphatic carbocycles. The lowest BCUT2D eigenvalue weighted by atomic mass is 9.97. The summed E-state index contributed by atoms with van der Waals surface area (Å²) in [6.45, 7) is 6.04. The van der Waals surface area contributed by atoms with Crippen LogP contribution in [-0.4, -0.2) is 36.1 Å². The summed E-state index contributed by atoms with van der Waals surface area (Å²) in [5.74, 6) is 1.53. The van der Waals surface area contributed by atoms with Gasteiger partial charge in [0.05, 0.1) is 5.01 Å². The van der Waals surface area contributed by atoms with E-state index >= 15 is 0 Å². The molecule has 1 aliphatic heterocycles. The van der Waals surface area contributed by atoms with Crippen LogP contribution in [0.5, 0.6) is 5.75 Å². The first kappa shape index (κ1) is 15.8. The molecule has 0 bridgehead atoms. The van der Waals surface area contributed by atoms with E-state index in [0.29, 0.717) is 5.92 Å². The molecule has 118 valence electrons. The Morgan fingerprint density at radius 2 is 2.00 bits per heavy atom. The Hall–Kier alpha value is -1.10. The largest absolute Gasteiger partial charge is 0.492 e. The van der Waals surface area contributed by atoms with Gasteiger partial charge >= 0.3 is 0 Å². The van der Waals surface area contributed by atoms with E-state index in [9.17, 15) is 0 Å². The maximum atomic E-state index is 5.87. The van der Waals surface area contributed by atoms with Crippen LogP contribution in [0.25, 0.3) is 0 Å². The van der Waals surface area contributed by atoms with Gasteiger partial charge in [-0.1, -0.05) is 11.6 Å². The van der Waals surface area contributed by atoms with Crippen LogP contribution >= 0.6 is 22.9 Å². The molecule has 0 saturated carbocycles. The van der Waals surface area contributed by atoms with Crippen LogP contribution in [-0.2, 0) is 0 Å². The van der Waals surface area contributed by atoms with Gasteiger partial charge in [0.15, 0.2) is 0 Å². The molecule has 1 saturated heterocycles. The van der Waals surface area contributed by atoms with E-state index in [4.69, 9.17) is 16.3 Å². The number of rotatable bonds is 5. The molecule has 0 N–H and O–H groups in total. The summed E-state index contributed by atoms with van der Waals surface area (Å²) < 4.78 is 5.77. The van der Waals surface area contributed by atoms with Crippen molar-refractivity contribution in [3.8, 4) is 5.75 Å². The number of benzene rings is 1. The Morgan fingerprint density at radius 1 is 1.27 bits per heavy atom. The Balaban J connectivity index is 1.39. The molecule has 0 radical (unpaired) electrons. The van der Waals surface area contributed by atoms with Crippen LogP contribution in [0.4, 0.5) is 0 Å². The predicted molar refractivity (Wildman–Crippen MR) is 92.2 cm³/mol. The molecule has 5 heteroatoms. The van der Waals surface area contributed by atoms with Gasteiger partial charge in [0.2, 0.25) is 0 Å². The fourth-order valence-electron chi connectivity index (χ4n) is 2.79. The van der Waals surface area contributed by atoms with Crippen molar-refractivity contribution in [1.29, 1.82) is 0 Å². The number of hydrogen-bond acceptors (Lipinski definition) is 4. The van der Waals surface area contributed by atoms with Crippen molar-refractivity contribution in [3.05, 3.63) is 45.4 Å². The fourth-order valence-corrected chi connectivity index (χ4v) is 3.88. The minimum atomic E-state index is 0.645. The number of aromatic nitrogens is 1. The van der Waals surface area contributed by atoms with E-state index in [0.717, 1.165) is 42.7 Å². The minimum Gasteiger partial charge on any atom is -0.492 e. The summed E-state index contributed by atoms with van der Waals surface area (Å²) in [7, 11) is 0. The predicted octanol–water partition coefficient (Wildman–Crippen LogP) is 4.36. The van der Waals surface area contributed by atoms with Crippen molar-refractivity contribution in [3.63, 3.8) is 0 Å². The van der Waals surface area contributed by atoms with E-state index in [2.05, 4.69) is 22.2 Å². The zero-order chi connectivity index (χ0) is 15.4. The Bertz CT molecular complexity index is 591. The maximum Gasteiger partial charge on any atom is 0.119 e. The van der Waals surface area contributed by atoms with Crippen LogP contribution in [0, 0.1) is 6.92 Å². The second kappa shape index (κ2) is 7.44. The van der Waals surface area contributed by atoms with Gasteiger partial charge in [0, 0.05) is 28.6 Å². The van der Waals surface area contributed by atoms with Crippen molar-refractivity contribution in [2.45, 2.75) is 25.7 Å². The standard InChI is InChI=1S/C17H21ClN2OS/c1-13-12-22-17(19-13)14-6-8-20(9-7-14)10-11-21-16-4-2-15(18)3-5-16/h2-5,12,14H,6-11H2,1H3. The average Bonchev–Trinajstić information content (AvgIpc) is 2.97. The zero-order valence-corrected chi connectivity index (χ0v) is 14.4. The molecule has 0 atom stereocenters. The summed E-state index contributed by atoms with van der Waals surface area (Å²) in [6.07, 6.45) is 2.40. The number of piperidine rings is 1. The second-order valence-corrected chi connectivity index (χ2v) is 7.07. The number of hydrogen-bond donors (Lipinski definition) is 0. The number of aryl methyl sites for hydroxylation is 1. The Kier molecular flexibility index (Phi) is 5.34. The molecule has 3 nitrogen and oxygen atoms in total. The molecule has 2 heterocycles. The molecule has 0 spiro atoms. The Morgan fingerprint density at radius 3 is 2.64 bits per heavy atom. The summed E-state index contributed by atoms with van der Waals surface area (Å²) in [6, 6.07) is 7.55. The zero-order valence-electron chi connectivity index (χ0n) is 12.8. The van der Waals surface area contributed by atoms with Crippen molar-refractivity contribution >= 4 is 22.9 Å². The maximum absolute atomic E-state index is 5.87. The smallest absolute Gasteiger partial charge is 0.119 e. The van der Waals surface area contributed by atoms with Crippen LogP contribution in [0.3, 0.4) is 0 Å². The number of thiazole rings is 1. The summed E-state index contributed by atoms with van der Waals surface area (Å²) in [5, 5.41) is 4.21. The van der Waals surface area contributed by atoms with Gasteiger partial charge < -0.3 is 4.74 Å². The molecule has 22 heavy (non-hydrogen) atoms. The highest BCUT2D eigenvalue weighted by atomic mass is 35.5. The van der Waals surface area contributed by atoms with E-state index in [-0.39, 0.29) is 0 Å². The van der Waals surface area contributed by atoms with E-state index in [1.807, 2.05) is 35.6 Å². The third-order valence-electron chi connectivity index (χ3n) is 4.06. The van der Waals surface area contributed by atoms with Crippen molar-refractivity contribution in [1.82, 2.24) is 9.88 Å². The van der Waals surface area contributed by atoms with Gasteiger partial charge in [-0.15, -0.1) is 11.3 Å².